The number of aryl methyl sites for hydroxylation is 2. The largest absolute Gasteiger partial charge is 0.325 e. The molecule has 0 spiro atoms. The van der Waals surface area contributed by atoms with E-state index in [-0.39, 0.29) is 11.7 Å². The number of carbonyl (C=O) groups excluding carboxylic acids is 2. The summed E-state index contributed by atoms with van der Waals surface area (Å²) >= 11 is 2.41. The quantitative estimate of drug-likeness (QED) is 0.463. The predicted molar refractivity (Wildman–Crippen MR) is 110 cm³/mol. The number of amides is 2. The van der Waals surface area contributed by atoms with E-state index in [2.05, 4.69) is 20.8 Å². The van der Waals surface area contributed by atoms with Crippen LogP contribution in [0.2, 0.25) is 0 Å². The van der Waals surface area contributed by atoms with E-state index in [9.17, 15) is 14.0 Å². The molecule has 1 heterocycles. The van der Waals surface area contributed by atoms with Crippen LogP contribution in [0.5, 0.6) is 0 Å². The molecular weight excluding hydrogens is 399 g/mol. The monoisotopic (exact) mass is 416 g/mol. The Morgan fingerprint density at radius 2 is 1.71 bits per heavy atom. The van der Waals surface area contributed by atoms with E-state index in [0.717, 1.165) is 16.8 Å². The summed E-state index contributed by atoms with van der Waals surface area (Å²) < 4.78 is 13.5. The third-order valence-corrected chi connectivity index (χ3v) is 5.78. The summed E-state index contributed by atoms with van der Waals surface area (Å²) in [5, 5.41) is 13.7. The van der Waals surface area contributed by atoms with E-state index in [1.165, 1.54) is 47.4 Å². The summed E-state index contributed by atoms with van der Waals surface area (Å²) in [5.74, 6) is -0.783. The zero-order chi connectivity index (χ0) is 20.1. The number of nitrogens with one attached hydrogen (secondary N) is 2. The Bertz CT molecular complexity index is 985. The topological polar surface area (TPSA) is 84.0 Å². The van der Waals surface area contributed by atoms with Crippen LogP contribution in [0.15, 0.2) is 46.8 Å². The van der Waals surface area contributed by atoms with Gasteiger partial charge in [-0.25, -0.2) is 4.39 Å². The summed E-state index contributed by atoms with van der Waals surface area (Å²) in [6.45, 7) is 3.88. The maximum absolute atomic E-state index is 12.9. The van der Waals surface area contributed by atoms with Crippen LogP contribution in [0.1, 0.15) is 21.5 Å². The minimum Gasteiger partial charge on any atom is -0.325 e. The molecule has 0 unspecified atom stereocenters. The number of aromatic nitrogens is 2. The first-order valence-corrected chi connectivity index (χ1v) is 10.1. The molecule has 0 aliphatic heterocycles. The second-order valence-electron chi connectivity index (χ2n) is 5.94. The highest BCUT2D eigenvalue weighted by Gasteiger charge is 2.13. The molecule has 9 heteroatoms. The fourth-order valence-electron chi connectivity index (χ4n) is 2.40. The number of benzene rings is 2. The van der Waals surface area contributed by atoms with Crippen LogP contribution in [0, 0.1) is 19.7 Å². The third-order valence-electron chi connectivity index (χ3n) is 3.81. The lowest BCUT2D eigenvalue weighted by molar-refractivity contribution is -0.113. The Morgan fingerprint density at radius 1 is 1.04 bits per heavy atom. The molecule has 1 aromatic heterocycles. The number of nitrogens with zero attached hydrogens (tertiary/aromatic N) is 2. The van der Waals surface area contributed by atoms with Gasteiger partial charge in [0.2, 0.25) is 11.0 Å². The van der Waals surface area contributed by atoms with Crippen molar-refractivity contribution in [2.45, 2.75) is 18.2 Å². The van der Waals surface area contributed by atoms with Crippen molar-refractivity contribution >= 4 is 45.7 Å². The Kier molecular flexibility index (Phi) is 6.37. The average Bonchev–Trinajstić information content (AvgIpc) is 3.11. The minimum atomic E-state index is -0.412. The zero-order valence-corrected chi connectivity index (χ0v) is 16.8. The highest BCUT2D eigenvalue weighted by molar-refractivity contribution is 8.01. The molecule has 0 saturated heterocycles. The first-order chi connectivity index (χ1) is 13.4. The maximum atomic E-state index is 12.9. The molecule has 0 fully saturated rings. The first kappa shape index (κ1) is 20.0. The van der Waals surface area contributed by atoms with Gasteiger partial charge in [0.1, 0.15) is 5.82 Å². The van der Waals surface area contributed by atoms with Crippen molar-refractivity contribution in [1.29, 1.82) is 0 Å². The number of anilines is 2. The van der Waals surface area contributed by atoms with Crippen molar-refractivity contribution in [1.82, 2.24) is 10.2 Å². The maximum Gasteiger partial charge on any atom is 0.257 e. The van der Waals surface area contributed by atoms with E-state index in [4.69, 9.17) is 0 Å². The van der Waals surface area contributed by atoms with Crippen molar-refractivity contribution in [2.75, 3.05) is 16.4 Å². The van der Waals surface area contributed by atoms with E-state index in [0.29, 0.717) is 15.0 Å². The van der Waals surface area contributed by atoms with Crippen LogP contribution in [0.4, 0.5) is 15.2 Å². The molecule has 0 saturated carbocycles. The van der Waals surface area contributed by atoms with E-state index in [1.54, 1.807) is 0 Å². The molecule has 0 atom stereocenters. The second-order valence-corrected chi connectivity index (χ2v) is 8.14. The Hall–Kier alpha value is -2.78. The fourth-order valence-corrected chi connectivity index (χ4v) is 3.95. The van der Waals surface area contributed by atoms with Crippen molar-refractivity contribution in [3.8, 4) is 0 Å². The normalized spacial score (nSPS) is 10.5. The Labute approximate surface area is 169 Å². The minimum absolute atomic E-state index is 0.144. The molecule has 0 bridgehead atoms. The average molecular weight is 417 g/mol. The van der Waals surface area contributed by atoms with Crippen LogP contribution < -0.4 is 10.6 Å². The van der Waals surface area contributed by atoms with Crippen molar-refractivity contribution < 1.29 is 14.0 Å². The SMILES string of the molecule is Cc1cccc(C)c1NC(=O)CSc1nnc(NC(=O)c2ccc(F)cc2)s1. The van der Waals surface area contributed by atoms with E-state index < -0.39 is 11.7 Å². The van der Waals surface area contributed by atoms with Gasteiger partial charge in [-0.3, -0.25) is 14.9 Å². The van der Waals surface area contributed by atoms with Crippen LogP contribution in [-0.2, 0) is 4.79 Å². The highest BCUT2D eigenvalue weighted by atomic mass is 32.2. The number of rotatable bonds is 6. The molecule has 0 aliphatic rings. The molecule has 6 nitrogen and oxygen atoms in total. The van der Waals surface area contributed by atoms with E-state index >= 15 is 0 Å². The van der Waals surface area contributed by atoms with Gasteiger partial charge in [0.15, 0.2) is 4.34 Å². The van der Waals surface area contributed by atoms with Crippen molar-refractivity contribution in [2.24, 2.45) is 0 Å². The van der Waals surface area contributed by atoms with Crippen LogP contribution >= 0.6 is 23.1 Å². The lowest BCUT2D eigenvalue weighted by atomic mass is 10.1. The molecule has 3 aromatic rings. The number of thioether (sulfide) groups is 1. The van der Waals surface area contributed by atoms with Gasteiger partial charge in [-0.2, -0.15) is 0 Å². The first-order valence-electron chi connectivity index (χ1n) is 8.31. The third kappa shape index (κ3) is 5.14. The number of para-hydroxylation sites is 1. The van der Waals surface area contributed by atoms with E-state index in [1.807, 2.05) is 32.0 Å². The predicted octanol–water partition coefficient (Wildman–Crippen LogP) is 4.28. The summed E-state index contributed by atoms with van der Waals surface area (Å²) in [6, 6.07) is 11.0. The zero-order valence-electron chi connectivity index (χ0n) is 15.2. The molecule has 0 aliphatic carbocycles. The van der Waals surface area contributed by atoms with Gasteiger partial charge in [-0.1, -0.05) is 41.3 Å². The summed E-state index contributed by atoms with van der Waals surface area (Å²) in [6.07, 6.45) is 0. The number of halogens is 1. The molecule has 2 amide bonds. The molecule has 3 rings (SSSR count). The van der Waals surface area contributed by atoms with Gasteiger partial charge in [0.25, 0.3) is 5.91 Å². The van der Waals surface area contributed by atoms with Gasteiger partial charge in [-0.15, -0.1) is 10.2 Å². The van der Waals surface area contributed by atoms with Gasteiger partial charge in [0, 0.05) is 11.3 Å². The van der Waals surface area contributed by atoms with Crippen molar-refractivity contribution in [3.63, 3.8) is 0 Å². The van der Waals surface area contributed by atoms with Gasteiger partial charge in [-0.05, 0) is 49.2 Å². The molecular formula is C19H17FN4O2S2. The van der Waals surface area contributed by atoms with Crippen LogP contribution in [0.3, 0.4) is 0 Å². The molecule has 144 valence electrons. The molecule has 0 radical (unpaired) electrons. The summed E-state index contributed by atoms with van der Waals surface area (Å²) in [4.78, 5) is 24.3. The lowest BCUT2D eigenvalue weighted by Crippen LogP contribution is -2.15. The molecule has 2 aromatic carbocycles. The van der Waals surface area contributed by atoms with Gasteiger partial charge >= 0.3 is 0 Å². The van der Waals surface area contributed by atoms with Gasteiger partial charge < -0.3 is 5.32 Å². The summed E-state index contributed by atoms with van der Waals surface area (Å²) in [5.41, 5.74) is 3.14. The standard InChI is InChI=1S/C19H17FN4O2S2/c1-11-4-3-5-12(2)16(11)21-15(25)10-27-19-24-23-18(28-19)22-17(26)13-6-8-14(20)9-7-13/h3-9H,10H2,1-2H3,(H,21,25)(H,22,23,26). The molecule has 2 N–H and O–H groups in total. The second kappa shape index (κ2) is 8.94. The summed E-state index contributed by atoms with van der Waals surface area (Å²) in [7, 11) is 0. The highest BCUT2D eigenvalue weighted by Crippen LogP contribution is 2.26. The molecule has 28 heavy (non-hydrogen) atoms. The Morgan fingerprint density at radius 3 is 2.39 bits per heavy atom. The smallest absolute Gasteiger partial charge is 0.257 e. The lowest BCUT2D eigenvalue weighted by Gasteiger charge is -2.10. The number of hydrogen-bond acceptors (Lipinski definition) is 6. The van der Waals surface area contributed by atoms with Gasteiger partial charge in [0.05, 0.1) is 5.75 Å². The van der Waals surface area contributed by atoms with Crippen LogP contribution in [0.25, 0.3) is 0 Å². The number of carbonyl (C=O) groups is 2. The van der Waals surface area contributed by atoms with Crippen molar-refractivity contribution in [3.05, 3.63) is 65.0 Å². The Balaban J connectivity index is 1.54. The number of hydrogen-bond donors (Lipinski definition) is 2. The van der Waals surface area contributed by atoms with Crippen LogP contribution in [-0.4, -0.2) is 27.8 Å². The fraction of sp³-hybridized carbons (Fsp3) is 0.158.